The molecule has 1 N–H and O–H groups in total. The molecule has 2 aromatic carbocycles. The molecule has 1 aliphatic carbocycles. The molecule has 7 nitrogen and oxygen atoms in total. The first kappa shape index (κ1) is 20.9. The van der Waals surface area contributed by atoms with Gasteiger partial charge in [-0.15, -0.1) is 0 Å². The van der Waals surface area contributed by atoms with Gasteiger partial charge in [0.25, 0.3) is 0 Å². The van der Waals surface area contributed by atoms with Crippen LogP contribution in [0.1, 0.15) is 35.1 Å². The van der Waals surface area contributed by atoms with Crippen LogP contribution < -0.4 is 10.1 Å². The van der Waals surface area contributed by atoms with Crippen LogP contribution in [0.2, 0.25) is 0 Å². The van der Waals surface area contributed by atoms with Crippen LogP contribution in [-0.2, 0) is 0 Å². The van der Waals surface area contributed by atoms with E-state index in [2.05, 4.69) is 22.1 Å². The average molecular weight is 424 g/mol. The van der Waals surface area contributed by atoms with Gasteiger partial charge >= 0.3 is 5.69 Å². The van der Waals surface area contributed by atoms with E-state index in [0.717, 1.165) is 16.7 Å². The Morgan fingerprint density at radius 2 is 1.78 bits per heavy atom. The highest BCUT2D eigenvalue weighted by molar-refractivity contribution is 5.66. The lowest BCUT2D eigenvalue weighted by atomic mass is 10.1. The van der Waals surface area contributed by atoms with Crippen LogP contribution in [0, 0.1) is 53.1 Å². The summed E-state index contributed by atoms with van der Waals surface area (Å²) >= 11 is 0. The number of nitro groups is 1. The van der Waals surface area contributed by atoms with Crippen LogP contribution in [0.15, 0.2) is 48.5 Å². The van der Waals surface area contributed by atoms with E-state index in [1.807, 2.05) is 32.0 Å². The minimum absolute atomic E-state index is 0.0550. The third-order valence-corrected chi connectivity index (χ3v) is 4.99. The van der Waals surface area contributed by atoms with E-state index in [1.54, 1.807) is 24.3 Å². The van der Waals surface area contributed by atoms with E-state index in [1.165, 1.54) is 25.0 Å². The van der Waals surface area contributed by atoms with Crippen molar-refractivity contribution in [2.45, 2.75) is 26.7 Å². The summed E-state index contributed by atoms with van der Waals surface area (Å²) in [5, 5.41) is 23.3. The Balaban J connectivity index is 1.61. The highest BCUT2D eigenvalue weighted by Crippen LogP contribution is 2.33. The molecule has 4 rings (SSSR count). The first-order valence-corrected chi connectivity index (χ1v) is 10.2. The number of rotatable bonds is 5. The Hall–Kier alpha value is -4.36. The highest BCUT2D eigenvalue weighted by atomic mass is 16.6. The number of benzene rings is 2. The number of nitrogens with one attached hydrogen (secondary N) is 1. The Labute approximate surface area is 185 Å². The van der Waals surface area contributed by atoms with Crippen molar-refractivity contribution in [1.29, 1.82) is 5.26 Å². The lowest BCUT2D eigenvalue weighted by Gasteiger charge is -2.13. The molecule has 1 heterocycles. The third-order valence-electron chi connectivity index (χ3n) is 4.99. The molecule has 0 radical (unpaired) electrons. The van der Waals surface area contributed by atoms with Crippen molar-refractivity contribution < 1.29 is 9.66 Å². The maximum absolute atomic E-state index is 11.5. The van der Waals surface area contributed by atoms with E-state index >= 15 is 0 Å². The summed E-state index contributed by atoms with van der Waals surface area (Å²) in [4.78, 5) is 15.3. The molecule has 1 fully saturated rings. The third kappa shape index (κ3) is 4.85. The molecule has 0 atom stereocenters. The van der Waals surface area contributed by atoms with E-state index in [0.29, 0.717) is 22.9 Å². The van der Waals surface area contributed by atoms with Crippen molar-refractivity contribution in [3.63, 3.8) is 0 Å². The molecule has 0 saturated heterocycles. The van der Waals surface area contributed by atoms with Crippen molar-refractivity contribution in [2.75, 3.05) is 5.32 Å². The molecule has 7 heteroatoms. The fraction of sp³-hybridized carbons (Fsp3) is 0.200. The number of ether oxygens (including phenoxy) is 1. The van der Waals surface area contributed by atoms with Crippen molar-refractivity contribution in [3.8, 4) is 29.5 Å². The van der Waals surface area contributed by atoms with Crippen molar-refractivity contribution in [3.05, 3.63) is 80.9 Å². The smallest absolute Gasteiger partial charge is 0.311 e. The maximum Gasteiger partial charge on any atom is 0.311 e. The molecule has 0 bridgehead atoms. The van der Waals surface area contributed by atoms with Crippen molar-refractivity contribution >= 4 is 17.2 Å². The van der Waals surface area contributed by atoms with E-state index in [9.17, 15) is 10.1 Å². The Morgan fingerprint density at radius 3 is 2.38 bits per heavy atom. The first-order chi connectivity index (χ1) is 15.4. The topological polar surface area (TPSA) is 101 Å². The van der Waals surface area contributed by atoms with E-state index < -0.39 is 4.92 Å². The van der Waals surface area contributed by atoms with Gasteiger partial charge in [-0.2, -0.15) is 10.2 Å². The van der Waals surface area contributed by atoms with Gasteiger partial charge in [0.1, 0.15) is 5.75 Å². The van der Waals surface area contributed by atoms with Crippen LogP contribution in [0.4, 0.5) is 17.2 Å². The van der Waals surface area contributed by atoms with Gasteiger partial charge in [-0.05, 0) is 74.2 Å². The molecule has 1 aromatic heterocycles. The molecular weight excluding hydrogens is 404 g/mol. The SMILES string of the molecule is Cc1cc(C#CC2CC2)cc(C)c1Oc1ccc([N+](=O)[O-])c(Nc2ccc(C#N)cc2)n1. The van der Waals surface area contributed by atoms with E-state index in [4.69, 9.17) is 10.00 Å². The molecular formula is C25H20N4O3. The summed E-state index contributed by atoms with van der Waals surface area (Å²) in [7, 11) is 0. The van der Waals surface area contributed by atoms with Crippen molar-refractivity contribution in [1.82, 2.24) is 4.98 Å². The van der Waals surface area contributed by atoms with Gasteiger partial charge in [0.15, 0.2) is 0 Å². The summed E-state index contributed by atoms with van der Waals surface area (Å²) in [5.41, 5.74) is 3.65. The normalized spacial score (nSPS) is 12.3. The van der Waals surface area contributed by atoms with Gasteiger partial charge in [0, 0.05) is 29.3 Å². The summed E-state index contributed by atoms with van der Waals surface area (Å²) in [5.74, 6) is 7.93. The number of pyridine rings is 1. The number of hydrogen-bond acceptors (Lipinski definition) is 6. The lowest BCUT2D eigenvalue weighted by Crippen LogP contribution is -2.02. The van der Waals surface area contributed by atoms with Crippen LogP contribution >= 0.6 is 0 Å². The minimum atomic E-state index is -0.507. The van der Waals surface area contributed by atoms with Crippen LogP contribution in [0.5, 0.6) is 11.6 Å². The van der Waals surface area contributed by atoms with Crippen LogP contribution in [-0.4, -0.2) is 9.91 Å². The van der Waals surface area contributed by atoms with Gasteiger partial charge in [-0.3, -0.25) is 10.1 Å². The molecule has 0 amide bonds. The fourth-order valence-corrected chi connectivity index (χ4v) is 3.20. The summed E-state index contributed by atoms with van der Waals surface area (Å²) < 4.78 is 6.02. The highest BCUT2D eigenvalue weighted by Gasteiger charge is 2.19. The zero-order valence-electron chi connectivity index (χ0n) is 17.7. The molecule has 32 heavy (non-hydrogen) atoms. The average Bonchev–Trinajstić information content (AvgIpc) is 3.60. The monoisotopic (exact) mass is 424 g/mol. The molecule has 1 saturated carbocycles. The zero-order valence-corrected chi connectivity index (χ0v) is 17.7. The molecule has 0 aliphatic heterocycles. The summed E-state index contributed by atoms with van der Waals surface area (Å²) in [6.07, 6.45) is 2.35. The Bertz CT molecular complexity index is 1270. The lowest BCUT2D eigenvalue weighted by molar-refractivity contribution is -0.384. The number of aromatic nitrogens is 1. The van der Waals surface area contributed by atoms with Crippen molar-refractivity contribution in [2.24, 2.45) is 5.92 Å². The molecule has 158 valence electrons. The summed E-state index contributed by atoms with van der Waals surface area (Å²) in [6.45, 7) is 3.87. The minimum Gasteiger partial charge on any atom is -0.438 e. The summed E-state index contributed by atoms with van der Waals surface area (Å²) in [6, 6.07) is 15.4. The maximum atomic E-state index is 11.5. The number of nitrogens with zero attached hydrogens (tertiary/aromatic N) is 3. The molecule has 1 aliphatic rings. The number of hydrogen-bond donors (Lipinski definition) is 1. The van der Waals surface area contributed by atoms with Gasteiger partial charge in [0.2, 0.25) is 11.7 Å². The predicted octanol–water partition coefficient (Wildman–Crippen LogP) is 5.78. The van der Waals surface area contributed by atoms with Gasteiger partial charge < -0.3 is 10.1 Å². The number of anilines is 2. The molecule has 0 unspecified atom stereocenters. The van der Waals surface area contributed by atoms with Crippen LogP contribution in [0.25, 0.3) is 0 Å². The second-order valence-corrected chi connectivity index (χ2v) is 7.67. The standard InChI is InChI=1S/C25H20N4O3/c1-16-13-20(6-5-18-3-4-18)14-17(2)24(16)32-23-12-11-22(29(30)31)25(28-23)27-21-9-7-19(15-26)8-10-21/h7-14,18H,3-4H2,1-2H3,(H,27,28). The van der Waals surface area contributed by atoms with Crippen LogP contribution in [0.3, 0.4) is 0 Å². The second kappa shape index (κ2) is 8.79. The molecule has 0 spiro atoms. The fourth-order valence-electron chi connectivity index (χ4n) is 3.20. The second-order valence-electron chi connectivity index (χ2n) is 7.67. The Kier molecular flexibility index (Phi) is 5.74. The quantitative estimate of drug-likeness (QED) is 0.317. The predicted molar refractivity (Wildman–Crippen MR) is 121 cm³/mol. The van der Waals surface area contributed by atoms with Gasteiger partial charge in [-0.25, -0.2) is 0 Å². The van der Waals surface area contributed by atoms with E-state index in [-0.39, 0.29) is 17.4 Å². The first-order valence-electron chi connectivity index (χ1n) is 10.2. The Morgan fingerprint density at radius 1 is 1.09 bits per heavy atom. The van der Waals surface area contributed by atoms with Gasteiger partial charge in [-0.1, -0.05) is 11.8 Å². The number of aryl methyl sites for hydroxylation is 2. The zero-order chi connectivity index (χ0) is 22.7. The molecule has 3 aromatic rings. The number of nitriles is 1. The largest absolute Gasteiger partial charge is 0.438 e. The van der Waals surface area contributed by atoms with Gasteiger partial charge in [0.05, 0.1) is 16.6 Å².